The van der Waals surface area contributed by atoms with Gasteiger partial charge in [0.1, 0.15) is 5.82 Å². The summed E-state index contributed by atoms with van der Waals surface area (Å²) in [6.45, 7) is 2.94. The number of hydrogen-bond acceptors (Lipinski definition) is 4. The second kappa shape index (κ2) is 10.5. The molecule has 0 fully saturated rings. The van der Waals surface area contributed by atoms with Crippen LogP contribution in [0.3, 0.4) is 0 Å². The molecule has 3 aromatic rings. The Bertz CT molecular complexity index is 1170. The number of aromatic nitrogens is 2. The number of aryl methyl sites for hydroxylation is 3. The maximum absolute atomic E-state index is 14.9. The van der Waals surface area contributed by atoms with E-state index in [0.29, 0.717) is 24.8 Å². The zero-order valence-electron chi connectivity index (χ0n) is 19.5. The fourth-order valence-electron chi connectivity index (χ4n) is 4.76. The van der Waals surface area contributed by atoms with E-state index in [0.717, 1.165) is 47.4 Å². The van der Waals surface area contributed by atoms with Gasteiger partial charge in [0.2, 0.25) is 5.92 Å². The first-order chi connectivity index (χ1) is 16.3. The number of fused-ring (bicyclic) bond motifs is 2. The van der Waals surface area contributed by atoms with E-state index in [1.807, 2.05) is 31.2 Å². The second-order valence-electron chi connectivity index (χ2n) is 9.31. The third kappa shape index (κ3) is 6.07. The van der Waals surface area contributed by atoms with Crippen molar-refractivity contribution < 1.29 is 18.7 Å². The van der Waals surface area contributed by atoms with E-state index in [1.54, 1.807) is 6.07 Å². The average molecular weight is 468 g/mol. The van der Waals surface area contributed by atoms with Crippen LogP contribution in [-0.4, -0.2) is 33.5 Å². The Hall–Kier alpha value is -3.09. The summed E-state index contributed by atoms with van der Waals surface area (Å²) in [4.78, 5) is 20.5. The summed E-state index contributed by atoms with van der Waals surface area (Å²) >= 11 is 0. The van der Waals surface area contributed by atoms with Gasteiger partial charge in [0.15, 0.2) is 0 Å². The zero-order valence-corrected chi connectivity index (χ0v) is 19.5. The lowest BCUT2D eigenvalue weighted by molar-refractivity contribution is -0.138. The van der Waals surface area contributed by atoms with E-state index >= 15 is 0 Å². The van der Waals surface area contributed by atoms with Gasteiger partial charge in [-0.25, -0.2) is 13.8 Å². The fraction of sp³-hybridized carbons (Fsp3) is 0.444. The van der Waals surface area contributed by atoms with Crippen molar-refractivity contribution >= 4 is 22.7 Å². The SMILES string of the molecule is Cc1cc2c(nc1CCCCC(F)(F)C[C@@H](CC(=O)O)c1cnc3ccccc3c1)NCCC2. The number of benzene rings is 1. The molecule has 0 unspecified atom stereocenters. The summed E-state index contributed by atoms with van der Waals surface area (Å²) in [6.07, 6.45) is 4.16. The van der Waals surface area contributed by atoms with Gasteiger partial charge in [-0.2, -0.15) is 0 Å². The van der Waals surface area contributed by atoms with Crippen LogP contribution in [0.4, 0.5) is 14.6 Å². The highest BCUT2D eigenvalue weighted by Crippen LogP contribution is 2.36. The van der Waals surface area contributed by atoms with Crippen molar-refractivity contribution in [2.24, 2.45) is 0 Å². The highest BCUT2D eigenvalue weighted by atomic mass is 19.3. The number of pyridine rings is 2. The van der Waals surface area contributed by atoms with Crippen LogP contribution in [0.5, 0.6) is 0 Å². The molecule has 4 rings (SSSR count). The van der Waals surface area contributed by atoms with Crippen LogP contribution in [0.15, 0.2) is 42.6 Å². The molecule has 7 heteroatoms. The van der Waals surface area contributed by atoms with Crippen LogP contribution < -0.4 is 5.32 Å². The van der Waals surface area contributed by atoms with E-state index in [1.165, 1.54) is 11.8 Å². The standard InChI is InChI=1S/C27H31F2N3O2/c1-18-13-20-8-6-12-30-26(20)32-23(18)9-4-5-11-27(28,29)16-21(15-25(33)34)22-14-19-7-2-3-10-24(19)31-17-22/h2-3,7,10,13-14,17,21H,4-6,8-9,11-12,15-16H2,1H3,(H,30,32)(H,33,34)/t21-/m1/s1. The first-order valence-corrected chi connectivity index (χ1v) is 12.0. The van der Waals surface area contributed by atoms with Gasteiger partial charge in [0.25, 0.3) is 0 Å². The number of anilines is 1. The van der Waals surface area contributed by atoms with E-state index < -0.39 is 24.2 Å². The third-order valence-corrected chi connectivity index (χ3v) is 6.57. The van der Waals surface area contributed by atoms with Gasteiger partial charge in [-0.1, -0.05) is 24.3 Å². The molecule has 0 radical (unpaired) electrons. The van der Waals surface area contributed by atoms with Crippen molar-refractivity contribution in [2.45, 2.75) is 70.1 Å². The predicted molar refractivity (Wildman–Crippen MR) is 130 cm³/mol. The number of carbonyl (C=O) groups is 1. The summed E-state index contributed by atoms with van der Waals surface area (Å²) in [7, 11) is 0. The number of carboxylic acids is 1. The van der Waals surface area contributed by atoms with E-state index in [4.69, 9.17) is 4.98 Å². The maximum Gasteiger partial charge on any atom is 0.303 e. The minimum absolute atomic E-state index is 0.271. The van der Waals surface area contributed by atoms with Gasteiger partial charge >= 0.3 is 5.97 Å². The molecule has 0 saturated carbocycles. The van der Waals surface area contributed by atoms with Gasteiger partial charge in [-0.3, -0.25) is 9.78 Å². The zero-order chi connectivity index (χ0) is 24.1. The molecule has 0 spiro atoms. The van der Waals surface area contributed by atoms with Crippen LogP contribution >= 0.6 is 0 Å². The topological polar surface area (TPSA) is 75.1 Å². The van der Waals surface area contributed by atoms with Crippen molar-refractivity contribution in [1.82, 2.24) is 9.97 Å². The number of unbranched alkanes of at least 4 members (excludes halogenated alkanes) is 1. The Kier molecular flexibility index (Phi) is 7.39. The van der Waals surface area contributed by atoms with E-state index in [2.05, 4.69) is 16.4 Å². The number of alkyl halides is 2. The molecule has 0 aliphatic carbocycles. The molecular formula is C27H31F2N3O2. The summed E-state index contributed by atoms with van der Waals surface area (Å²) in [5, 5.41) is 13.5. The van der Waals surface area contributed by atoms with Gasteiger partial charge in [-0.15, -0.1) is 0 Å². The highest BCUT2D eigenvalue weighted by molar-refractivity contribution is 5.79. The van der Waals surface area contributed by atoms with Crippen molar-refractivity contribution in [3.8, 4) is 0 Å². The normalized spacial score (nSPS) is 14.4. The minimum atomic E-state index is -2.95. The molecule has 3 heterocycles. The third-order valence-electron chi connectivity index (χ3n) is 6.57. The first-order valence-electron chi connectivity index (χ1n) is 12.0. The van der Waals surface area contributed by atoms with Crippen LogP contribution in [0.1, 0.15) is 66.8 Å². The lowest BCUT2D eigenvalue weighted by Gasteiger charge is -2.23. The largest absolute Gasteiger partial charge is 0.481 e. The number of nitrogens with zero attached hydrogens (tertiary/aromatic N) is 2. The van der Waals surface area contributed by atoms with Crippen LogP contribution in [0.25, 0.3) is 10.9 Å². The molecule has 0 saturated heterocycles. The Morgan fingerprint density at radius 3 is 2.88 bits per heavy atom. The van der Waals surface area contributed by atoms with Gasteiger partial charge in [-0.05, 0) is 67.9 Å². The van der Waals surface area contributed by atoms with Gasteiger partial charge in [0, 0.05) is 42.6 Å². The Balaban J connectivity index is 1.37. The Labute approximate surface area is 198 Å². The summed E-state index contributed by atoms with van der Waals surface area (Å²) in [5.41, 5.74) is 4.60. The van der Waals surface area contributed by atoms with Gasteiger partial charge in [0.05, 0.1) is 11.9 Å². The predicted octanol–water partition coefficient (Wildman–Crippen LogP) is 6.29. The smallest absolute Gasteiger partial charge is 0.303 e. The van der Waals surface area contributed by atoms with E-state index in [-0.39, 0.29) is 12.8 Å². The molecule has 1 atom stereocenters. The van der Waals surface area contributed by atoms with Gasteiger partial charge < -0.3 is 10.4 Å². The molecule has 180 valence electrons. The molecule has 2 aromatic heterocycles. The second-order valence-corrected chi connectivity index (χ2v) is 9.31. The quantitative estimate of drug-likeness (QED) is 0.343. The van der Waals surface area contributed by atoms with Crippen LogP contribution in [-0.2, 0) is 17.6 Å². The fourth-order valence-corrected chi connectivity index (χ4v) is 4.76. The molecule has 1 aromatic carbocycles. The van der Waals surface area contributed by atoms with Crippen LogP contribution in [0, 0.1) is 6.92 Å². The monoisotopic (exact) mass is 467 g/mol. The lowest BCUT2D eigenvalue weighted by atomic mass is 9.88. The number of nitrogens with one attached hydrogen (secondary N) is 1. The van der Waals surface area contributed by atoms with Crippen molar-refractivity contribution in [2.75, 3.05) is 11.9 Å². The number of hydrogen-bond donors (Lipinski definition) is 2. The molecule has 0 bridgehead atoms. The maximum atomic E-state index is 14.9. The molecule has 1 aliphatic rings. The van der Waals surface area contributed by atoms with E-state index in [9.17, 15) is 18.7 Å². The molecule has 0 amide bonds. The molecule has 5 nitrogen and oxygen atoms in total. The molecule has 2 N–H and O–H groups in total. The minimum Gasteiger partial charge on any atom is -0.481 e. The number of aliphatic carboxylic acids is 1. The van der Waals surface area contributed by atoms with Crippen LogP contribution in [0.2, 0.25) is 0 Å². The average Bonchev–Trinajstić information content (AvgIpc) is 2.81. The number of rotatable bonds is 10. The summed E-state index contributed by atoms with van der Waals surface area (Å²) in [6, 6.07) is 11.3. The summed E-state index contributed by atoms with van der Waals surface area (Å²) in [5.74, 6) is -3.90. The molecule has 1 aliphatic heterocycles. The van der Waals surface area contributed by atoms with Crippen molar-refractivity contribution in [1.29, 1.82) is 0 Å². The van der Waals surface area contributed by atoms with Crippen molar-refractivity contribution in [3.63, 3.8) is 0 Å². The van der Waals surface area contributed by atoms with Crippen molar-refractivity contribution in [3.05, 3.63) is 65.0 Å². The number of carboxylic acid groups (broad SMARTS) is 1. The summed E-state index contributed by atoms with van der Waals surface area (Å²) < 4.78 is 29.8. The highest BCUT2D eigenvalue weighted by Gasteiger charge is 2.34. The molecule has 34 heavy (non-hydrogen) atoms. The number of halogens is 2. The number of para-hydroxylation sites is 1. The lowest BCUT2D eigenvalue weighted by Crippen LogP contribution is -2.22. The molecular weight excluding hydrogens is 436 g/mol. The Morgan fingerprint density at radius 2 is 2.06 bits per heavy atom. The Morgan fingerprint density at radius 1 is 1.24 bits per heavy atom. The first kappa shape index (κ1) is 24.0.